The quantitative estimate of drug-likeness (QED) is 0.606. The molecule has 0 aliphatic heterocycles. The van der Waals surface area contributed by atoms with Gasteiger partial charge in [-0.05, 0) is 12.1 Å². The summed E-state index contributed by atoms with van der Waals surface area (Å²) >= 11 is 0. The number of carbonyl (C=O) groups is 1. The average Bonchev–Trinajstić information content (AvgIpc) is 2.03. The van der Waals surface area contributed by atoms with Crippen LogP contribution in [0.1, 0.15) is 16.2 Å². The summed E-state index contributed by atoms with van der Waals surface area (Å²) < 4.78 is 35.5. The topological polar surface area (TPSA) is 42.9 Å². The van der Waals surface area contributed by atoms with Crippen LogP contribution in [0.2, 0.25) is 0 Å². The Morgan fingerprint density at radius 3 is 2.25 bits per heavy atom. The van der Waals surface area contributed by atoms with E-state index in [1.807, 2.05) is 0 Å². The lowest BCUT2D eigenvalue weighted by Gasteiger charge is -2.02. The molecule has 0 N–H and O–H groups in total. The van der Waals surface area contributed by atoms with Crippen LogP contribution in [0, 0.1) is 0 Å². The standard InChI is InChI=1S/C6H3F3N2O/c7-6(8,9)5-2-1-4(3-12)10-11-5/h1-3H. The smallest absolute Gasteiger partial charge is 0.296 e. The van der Waals surface area contributed by atoms with Gasteiger partial charge in [0.05, 0.1) is 0 Å². The van der Waals surface area contributed by atoms with Crippen LogP contribution in [0.3, 0.4) is 0 Å². The predicted molar refractivity (Wildman–Crippen MR) is 32.4 cm³/mol. The third-order valence-electron chi connectivity index (χ3n) is 1.10. The molecule has 0 unspecified atom stereocenters. The molecular formula is C6H3F3N2O. The molecule has 3 nitrogen and oxygen atoms in total. The molecule has 1 aromatic heterocycles. The molecule has 0 atom stereocenters. The lowest BCUT2D eigenvalue weighted by molar-refractivity contribution is -0.141. The van der Waals surface area contributed by atoms with Crippen molar-refractivity contribution in [2.75, 3.05) is 0 Å². The first-order valence-corrected chi connectivity index (χ1v) is 2.90. The van der Waals surface area contributed by atoms with E-state index in [-0.39, 0.29) is 5.69 Å². The number of alkyl halides is 3. The average molecular weight is 176 g/mol. The number of halogens is 3. The first-order valence-electron chi connectivity index (χ1n) is 2.90. The summed E-state index contributed by atoms with van der Waals surface area (Å²) in [4.78, 5) is 9.98. The highest BCUT2D eigenvalue weighted by molar-refractivity contribution is 5.71. The lowest BCUT2D eigenvalue weighted by Crippen LogP contribution is -2.09. The molecule has 0 spiro atoms. The first kappa shape index (κ1) is 8.63. The largest absolute Gasteiger partial charge is 0.435 e. The fourth-order valence-corrected chi connectivity index (χ4v) is 0.557. The molecular weight excluding hydrogens is 173 g/mol. The van der Waals surface area contributed by atoms with E-state index in [0.717, 1.165) is 6.07 Å². The van der Waals surface area contributed by atoms with Gasteiger partial charge in [0.25, 0.3) is 0 Å². The Bertz CT molecular complexity index is 280. The summed E-state index contributed by atoms with van der Waals surface area (Å²) in [5.41, 5.74) is -1.23. The summed E-state index contributed by atoms with van der Waals surface area (Å²) in [6, 6.07) is 1.67. The molecule has 1 rings (SSSR count). The van der Waals surface area contributed by atoms with E-state index in [1.165, 1.54) is 0 Å². The number of nitrogens with zero attached hydrogens (tertiary/aromatic N) is 2. The molecule has 12 heavy (non-hydrogen) atoms. The van der Waals surface area contributed by atoms with Crippen molar-refractivity contribution in [3.05, 3.63) is 23.5 Å². The Balaban J connectivity index is 3.00. The summed E-state index contributed by atoms with van der Waals surface area (Å²) in [5, 5.41) is 5.84. The van der Waals surface area contributed by atoms with Crippen LogP contribution in [0.5, 0.6) is 0 Å². The lowest BCUT2D eigenvalue weighted by atomic mass is 10.3. The second-order valence-corrected chi connectivity index (χ2v) is 1.96. The van der Waals surface area contributed by atoms with Gasteiger partial charge >= 0.3 is 6.18 Å². The van der Waals surface area contributed by atoms with Crippen LogP contribution in [0.4, 0.5) is 13.2 Å². The predicted octanol–water partition coefficient (Wildman–Crippen LogP) is 1.31. The Hall–Kier alpha value is -1.46. The highest BCUT2D eigenvalue weighted by Gasteiger charge is 2.32. The van der Waals surface area contributed by atoms with Gasteiger partial charge in [-0.15, -0.1) is 10.2 Å². The normalized spacial score (nSPS) is 11.2. The zero-order chi connectivity index (χ0) is 9.19. The van der Waals surface area contributed by atoms with E-state index in [0.29, 0.717) is 12.4 Å². The van der Waals surface area contributed by atoms with E-state index >= 15 is 0 Å². The molecule has 0 bridgehead atoms. The van der Waals surface area contributed by atoms with Crippen LogP contribution >= 0.6 is 0 Å². The van der Waals surface area contributed by atoms with Crippen LogP contribution < -0.4 is 0 Å². The molecule has 1 aromatic rings. The molecule has 0 amide bonds. The number of aldehydes is 1. The van der Waals surface area contributed by atoms with E-state index < -0.39 is 11.9 Å². The number of carbonyl (C=O) groups excluding carboxylic acids is 1. The molecule has 0 aliphatic rings. The molecule has 0 aliphatic carbocycles. The van der Waals surface area contributed by atoms with E-state index in [9.17, 15) is 18.0 Å². The fraction of sp³-hybridized carbons (Fsp3) is 0.167. The summed E-state index contributed by atoms with van der Waals surface area (Å²) in [6.07, 6.45) is -4.18. The van der Waals surface area contributed by atoms with Gasteiger partial charge in [0, 0.05) is 0 Å². The highest BCUT2D eigenvalue weighted by Crippen LogP contribution is 2.26. The Morgan fingerprint density at radius 2 is 1.92 bits per heavy atom. The van der Waals surface area contributed by atoms with Gasteiger partial charge in [-0.2, -0.15) is 13.2 Å². The minimum absolute atomic E-state index is 0.122. The van der Waals surface area contributed by atoms with Crippen molar-refractivity contribution in [2.45, 2.75) is 6.18 Å². The number of hydrogen-bond acceptors (Lipinski definition) is 3. The zero-order valence-corrected chi connectivity index (χ0v) is 5.67. The molecule has 0 fully saturated rings. The van der Waals surface area contributed by atoms with Gasteiger partial charge in [0.2, 0.25) is 0 Å². The van der Waals surface area contributed by atoms with Crippen molar-refractivity contribution in [2.24, 2.45) is 0 Å². The second-order valence-electron chi connectivity index (χ2n) is 1.96. The van der Waals surface area contributed by atoms with Crippen molar-refractivity contribution < 1.29 is 18.0 Å². The number of aromatic nitrogens is 2. The SMILES string of the molecule is O=Cc1ccc(C(F)(F)F)nn1. The number of hydrogen-bond donors (Lipinski definition) is 0. The van der Waals surface area contributed by atoms with Gasteiger partial charge in [-0.25, -0.2) is 0 Å². The maximum Gasteiger partial charge on any atom is 0.435 e. The molecule has 0 radical (unpaired) electrons. The Morgan fingerprint density at radius 1 is 1.25 bits per heavy atom. The Labute approximate surface area is 65.2 Å². The minimum Gasteiger partial charge on any atom is -0.296 e. The van der Waals surface area contributed by atoms with Crippen molar-refractivity contribution in [1.29, 1.82) is 0 Å². The molecule has 0 saturated carbocycles. The van der Waals surface area contributed by atoms with Gasteiger partial charge in [0.15, 0.2) is 12.0 Å². The van der Waals surface area contributed by atoms with Gasteiger partial charge in [0.1, 0.15) is 5.69 Å². The first-order chi connectivity index (χ1) is 5.54. The maximum absolute atomic E-state index is 11.8. The third kappa shape index (κ3) is 1.77. The van der Waals surface area contributed by atoms with E-state index in [4.69, 9.17) is 0 Å². The highest BCUT2D eigenvalue weighted by atomic mass is 19.4. The number of rotatable bonds is 1. The summed E-state index contributed by atoms with van der Waals surface area (Å²) in [5.74, 6) is 0. The molecule has 64 valence electrons. The van der Waals surface area contributed by atoms with Crippen LogP contribution in [0.25, 0.3) is 0 Å². The molecule has 1 heterocycles. The summed E-state index contributed by atoms with van der Waals surface area (Å²) in [7, 11) is 0. The van der Waals surface area contributed by atoms with Gasteiger partial charge < -0.3 is 0 Å². The monoisotopic (exact) mass is 176 g/mol. The molecule has 6 heteroatoms. The van der Waals surface area contributed by atoms with Crippen molar-refractivity contribution >= 4 is 6.29 Å². The zero-order valence-electron chi connectivity index (χ0n) is 5.67. The molecule has 0 aromatic carbocycles. The summed E-state index contributed by atoms with van der Waals surface area (Å²) in [6.45, 7) is 0. The van der Waals surface area contributed by atoms with E-state index in [1.54, 1.807) is 0 Å². The van der Waals surface area contributed by atoms with E-state index in [2.05, 4.69) is 10.2 Å². The third-order valence-corrected chi connectivity index (χ3v) is 1.10. The van der Waals surface area contributed by atoms with Crippen LogP contribution in [-0.2, 0) is 6.18 Å². The van der Waals surface area contributed by atoms with Crippen molar-refractivity contribution in [3.63, 3.8) is 0 Å². The maximum atomic E-state index is 11.8. The second kappa shape index (κ2) is 2.88. The Kier molecular flexibility index (Phi) is 2.07. The minimum atomic E-state index is -4.51. The van der Waals surface area contributed by atoms with Crippen molar-refractivity contribution in [1.82, 2.24) is 10.2 Å². The fourth-order valence-electron chi connectivity index (χ4n) is 0.557. The van der Waals surface area contributed by atoms with Gasteiger partial charge in [-0.3, -0.25) is 4.79 Å². The van der Waals surface area contributed by atoms with Crippen LogP contribution in [0.15, 0.2) is 12.1 Å². The van der Waals surface area contributed by atoms with Crippen molar-refractivity contribution in [3.8, 4) is 0 Å². The van der Waals surface area contributed by atoms with Gasteiger partial charge in [-0.1, -0.05) is 0 Å². The molecule has 0 saturated heterocycles. The van der Waals surface area contributed by atoms with Crippen LogP contribution in [-0.4, -0.2) is 16.5 Å².